The van der Waals surface area contributed by atoms with Gasteiger partial charge in [0, 0.05) is 30.5 Å². The average molecular weight is 418 g/mol. The zero-order chi connectivity index (χ0) is 17.7. The second kappa shape index (κ2) is 7.95. The Morgan fingerprint density at radius 1 is 1.42 bits per heavy atom. The summed E-state index contributed by atoms with van der Waals surface area (Å²) in [6.07, 6.45) is 3.92. The van der Waals surface area contributed by atoms with Crippen LogP contribution < -0.4 is 9.46 Å². The SMILES string of the molecule is CN(C)CCCOc1ncc(Br)cc1NS(=O)(=O)c1ccn(C)n1. The Kier molecular flexibility index (Phi) is 6.19. The lowest BCUT2D eigenvalue weighted by Gasteiger charge is -2.13. The minimum absolute atomic E-state index is 0.0662. The number of rotatable bonds is 8. The Bertz CT molecular complexity index is 791. The summed E-state index contributed by atoms with van der Waals surface area (Å²) in [5, 5.41) is 3.85. The van der Waals surface area contributed by atoms with Crippen LogP contribution in [-0.4, -0.2) is 55.3 Å². The number of aryl methyl sites for hydroxylation is 1. The van der Waals surface area contributed by atoms with Crippen molar-refractivity contribution in [3.8, 4) is 5.88 Å². The van der Waals surface area contributed by atoms with Gasteiger partial charge in [-0.1, -0.05) is 0 Å². The van der Waals surface area contributed by atoms with E-state index in [1.807, 2.05) is 19.0 Å². The van der Waals surface area contributed by atoms with Gasteiger partial charge in [-0.2, -0.15) is 13.5 Å². The molecule has 0 unspecified atom stereocenters. The molecule has 10 heteroatoms. The van der Waals surface area contributed by atoms with Crippen molar-refractivity contribution in [2.24, 2.45) is 7.05 Å². The normalized spacial score (nSPS) is 11.7. The quantitative estimate of drug-likeness (QED) is 0.657. The third-order valence-electron chi connectivity index (χ3n) is 3.02. The maximum absolute atomic E-state index is 12.4. The molecule has 0 saturated carbocycles. The van der Waals surface area contributed by atoms with E-state index in [-0.39, 0.29) is 16.6 Å². The molecule has 0 aromatic carbocycles. The molecule has 24 heavy (non-hydrogen) atoms. The summed E-state index contributed by atoms with van der Waals surface area (Å²) in [5.74, 6) is 0.233. The Morgan fingerprint density at radius 2 is 2.17 bits per heavy atom. The van der Waals surface area contributed by atoms with Crippen molar-refractivity contribution in [2.45, 2.75) is 11.4 Å². The topological polar surface area (TPSA) is 89.4 Å². The van der Waals surface area contributed by atoms with E-state index in [0.717, 1.165) is 13.0 Å². The summed E-state index contributed by atoms with van der Waals surface area (Å²) in [7, 11) is 1.80. The lowest BCUT2D eigenvalue weighted by Crippen LogP contribution is -2.17. The molecular formula is C14H20BrN5O3S. The molecule has 0 fully saturated rings. The highest BCUT2D eigenvalue weighted by atomic mass is 79.9. The number of nitrogens with one attached hydrogen (secondary N) is 1. The van der Waals surface area contributed by atoms with Gasteiger partial charge in [0.25, 0.3) is 10.0 Å². The highest BCUT2D eigenvalue weighted by Gasteiger charge is 2.20. The molecule has 2 heterocycles. The highest BCUT2D eigenvalue weighted by molar-refractivity contribution is 9.10. The van der Waals surface area contributed by atoms with Gasteiger partial charge in [0.15, 0.2) is 5.03 Å². The summed E-state index contributed by atoms with van der Waals surface area (Å²) < 4.78 is 35.0. The summed E-state index contributed by atoms with van der Waals surface area (Å²) in [5.41, 5.74) is 0.264. The van der Waals surface area contributed by atoms with Crippen LogP contribution >= 0.6 is 15.9 Å². The van der Waals surface area contributed by atoms with Crippen LogP contribution in [0.5, 0.6) is 5.88 Å². The number of hydrogen-bond donors (Lipinski definition) is 1. The zero-order valence-corrected chi connectivity index (χ0v) is 16.1. The molecule has 0 bridgehead atoms. The highest BCUT2D eigenvalue weighted by Crippen LogP contribution is 2.27. The van der Waals surface area contributed by atoms with Gasteiger partial charge in [-0.15, -0.1) is 0 Å². The fourth-order valence-corrected chi connectivity index (χ4v) is 3.25. The van der Waals surface area contributed by atoms with E-state index < -0.39 is 10.0 Å². The van der Waals surface area contributed by atoms with Crippen LogP contribution in [0.2, 0.25) is 0 Å². The first kappa shape index (κ1) is 18.7. The van der Waals surface area contributed by atoms with Crippen molar-refractivity contribution in [3.63, 3.8) is 0 Å². The Balaban J connectivity index is 2.15. The third kappa shape index (κ3) is 5.18. The Labute approximate surface area is 150 Å². The molecular weight excluding hydrogens is 398 g/mol. The fraction of sp³-hybridized carbons (Fsp3) is 0.429. The number of halogens is 1. The van der Waals surface area contributed by atoms with Gasteiger partial charge in [0.05, 0.1) is 6.61 Å². The van der Waals surface area contributed by atoms with Crippen LogP contribution in [0, 0.1) is 0 Å². The molecule has 2 rings (SSSR count). The molecule has 0 aliphatic rings. The minimum Gasteiger partial charge on any atom is -0.476 e. The maximum atomic E-state index is 12.4. The van der Waals surface area contributed by atoms with E-state index in [1.165, 1.54) is 10.7 Å². The van der Waals surface area contributed by atoms with Crippen molar-refractivity contribution >= 4 is 31.6 Å². The van der Waals surface area contributed by atoms with E-state index in [9.17, 15) is 8.42 Å². The number of nitrogens with zero attached hydrogens (tertiary/aromatic N) is 4. The molecule has 0 aliphatic heterocycles. The molecule has 0 saturated heterocycles. The number of hydrogen-bond acceptors (Lipinski definition) is 6. The number of anilines is 1. The van der Waals surface area contributed by atoms with Gasteiger partial charge < -0.3 is 9.64 Å². The van der Waals surface area contributed by atoms with Crippen molar-refractivity contribution in [1.82, 2.24) is 19.7 Å². The molecule has 132 valence electrons. The van der Waals surface area contributed by atoms with Gasteiger partial charge in [-0.3, -0.25) is 9.40 Å². The van der Waals surface area contributed by atoms with E-state index >= 15 is 0 Å². The van der Waals surface area contributed by atoms with Gasteiger partial charge in [-0.25, -0.2) is 4.98 Å². The van der Waals surface area contributed by atoms with Crippen molar-refractivity contribution in [3.05, 3.63) is 29.0 Å². The van der Waals surface area contributed by atoms with Gasteiger partial charge in [-0.05, 0) is 48.6 Å². The number of aromatic nitrogens is 3. The van der Waals surface area contributed by atoms with Crippen LogP contribution in [0.3, 0.4) is 0 Å². The number of ether oxygens (including phenoxy) is 1. The van der Waals surface area contributed by atoms with Crippen molar-refractivity contribution < 1.29 is 13.2 Å². The molecule has 8 nitrogen and oxygen atoms in total. The first-order valence-electron chi connectivity index (χ1n) is 7.23. The van der Waals surface area contributed by atoms with E-state index in [1.54, 1.807) is 25.5 Å². The van der Waals surface area contributed by atoms with Gasteiger partial charge in [0.1, 0.15) is 5.69 Å². The van der Waals surface area contributed by atoms with Crippen molar-refractivity contribution in [2.75, 3.05) is 32.0 Å². The first-order valence-corrected chi connectivity index (χ1v) is 9.51. The lowest BCUT2D eigenvalue weighted by atomic mass is 10.4. The van der Waals surface area contributed by atoms with Crippen LogP contribution in [0.1, 0.15) is 6.42 Å². The Morgan fingerprint density at radius 3 is 2.79 bits per heavy atom. The van der Waals surface area contributed by atoms with Gasteiger partial charge in [0.2, 0.25) is 5.88 Å². The number of sulfonamides is 1. The summed E-state index contributed by atoms with van der Waals surface area (Å²) in [4.78, 5) is 6.19. The molecule has 1 N–H and O–H groups in total. The predicted octanol–water partition coefficient (Wildman–Crippen LogP) is 1.71. The molecule has 0 spiro atoms. The molecule has 0 aliphatic carbocycles. The van der Waals surface area contributed by atoms with Gasteiger partial charge >= 0.3 is 0 Å². The number of pyridine rings is 1. The third-order valence-corrected chi connectivity index (χ3v) is 4.71. The molecule has 0 atom stereocenters. The predicted molar refractivity (Wildman–Crippen MR) is 94.6 cm³/mol. The van der Waals surface area contributed by atoms with E-state index in [0.29, 0.717) is 11.1 Å². The first-order chi connectivity index (χ1) is 11.3. The second-order valence-corrected chi connectivity index (χ2v) is 7.99. The smallest absolute Gasteiger partial charge is 0.281 e. The monoisotopic (exact) mass is 417 g/mol. The van der Waals surface area contributed by atoms with Crippen molar-refractivity contribution in [1.29, 1.82) is 0 Å². The molecule has 0 radical (unpaired) electrons. The molecule has 0 amide bonds. The zero-order valence-electron chi connectivity index (χ0n) is 13.7. The Hall–Kier alpha value is -1.65. The maximum Gasteiger partial charge on any atom is 0.281 e. The van der Waals surface area contributed by atoms with Crippen LogP contribution in [-0.2, 0) is 17.1 Å². The van der Waals surface area contributed by atoms with E-state index in [4.69, 9.17) is 4.74 Å². The second-order valence-electron chi connectivity index (χ2n) is 5.44. The molecule has 2 aromatic heterocycles. The van der Waals surface area contributed by atoms with Crippen LogP contribution in [0.15, 0.2) is 34.0 Å². The summed E-state index contributed by atoms with van der Waals surface area (Å²) in [6.45, 7) is 1.30. The van der Waals surface area contributed by atoms with E-state index in [2.05, 4.69) is 30.7 Å². The average Bonchev–Trinajstić information content (AvgIpc) is 2.92. The summed E-state index contributed by atoms with van der Waals surface area (Å²) >= 11 is 3.29. The molecule has 2 aromatic rings. The van der Waals surface area contributed by atoms with Crippen LogP contribution in [0.4, 0.5) is 5.69 Å². The fourth-order valence-electron chi connectivity index (χ4n) is 1.90. The largest absolute Gasteiger partial charge is 0.476 e. The summed E-state index contributed by atoms with van der Waals surface area (Å²) in [6, 6.07) is 3.03. The standard InChI is InChI=1S/C14H20BrN5O3S/c1-19(2)6-4-8-23-14-12(9-11(15)10-16-14)18-24(21,22)13-5-7-20(3)17-13/h5,7,9-10,18H,4,6,8H2,1-3H3. The minimum atomic E-state index is -3.81. The van der Waals surface area contributed by atoms with Crippen LogP contribution in [0.25, 0.3) is 0 Å². The lowest BCUT2D eigenvalue weighted by molar-refractivity contribution is 0.274.